The number of methoxy groups -OCH3 is 1. The highest BCUT2D eigenvalue weighted by molar-refractivity contribution is 4.91. The van der Waals surface area contributed by atoms with Crippen molar-refractivity contribution in [2.24, 2.45) is 11.3 Å². The summed E-state index contributed by atoms with van der Waals surface area (Å²) >= 11 is 0. The maximum atomic E-state index is 5.82. The summed E-state index contributed by atoms with van der Waals surface area (Å²) in [5.74, 6) is 0.876. The Morgan fingerprint density at radius 3 is 2.72 bits per heavy atom. The molecule has 0 aromatic heterocycles. The fourth-order valence-corrected chi connectivity index (χ4v) is 3.71. The van der Waals surface area contributed by atoms with Gasteiger partial charge < -0.3 is 14.8 Å². The van der Waals surface area contributed by atoms with Crippen LogP contribution in [0.25, 0.3) is 0 Å². The maximum absolute atomic E-state index is 5.82. The van der Waals surface area contributed by atoms with Crippen molar-refractivity contribution in [1.29, 1.82) is 0 Å². The summed E-state index contributed by atoms with van der Waals surface area (Å²) in [5, 5.41) is 3.59. The molecule has 0 amide bonds. The van der Waals surface area contributed by atoms with Crippen molar-refractivity contribution in [2.75, 3.05) is 40.0 Å². The lowest BCUT2D eigenvalue weighted by Gasteiger charge is -2.45. The molecule has 18 heavy (non-hydrogen) atoms. The normalized spacial score (nSPS) is 30.5. The van der Waals surface area contributed by atoms with Crippen molar-refractivity contribution >= 4 is 0 Å². The standard InChI is InChI=1S/C15H29NO2/c1-17-11-9-16-12-15(8-5-10-18-13-15)14-6-3-2-4-7-14/h14,16H,2-13H2,1H3. The van der Waals surface area contributed by atoms with Crippen LogP contribution in [0, 0.1) is 11.3 Å². The van der Waals surface area contributed by atoms with Crippen LogP contribution in [-0.2, 0) is 9.47 Å². The van der Waals surface area contributed by atoms with Gasteiger partial charge in [-0.05, 0) is 31.6 Å². The van der Waals surface area contributed by atoms with E-state index in [4.69, 9.17) is 9.47 Å². The quantitative estimate of drug-likeness (QED) is 0.740. The highest BCUT2D eigenvalue weighted by atomic mass is 16.5. The molecule has 3 nitrogen and oxygen atoms in total. The fourth-order valence-electron chi connectivity index (χ4n) is 3.71. The summed E-state index contributed by atoms with van der Waals surface area (Å²) < 4.78 is 10.9. The summed E-state index contributed by atoms with van der Waals surface area (Å²) in [5.41, 5.74) is 0.409. The van der Waals surface area contributed by atoms with Gasteiger partial charge in [-0.25, -0.2) is 0 Å². The molecule has 0 bridgehead atoms. The van der Waals surface area contributed by atoms with Gasteiger partial charge in [0.15, 0.2) is 0 Å². The summed E-state index contributed by atoms with van der Waals surface area (Å²) in [6.45, 7) is 4.82. The van der Waals surface area contributed by atoms with Crippen LogP contribution in [0.3, 0.4) is 0 Å². The number of hydrogen-bond donors (Lipinski definition) is 1. The minimum Gasteiger partial charge on any atom is -0.383 e. The van der Waals surface area contributed by atoms with Gasteiger partial charge in [0.05, 0.1) is 13.2 Å². The highest BCUT2D eigenvalue weighted by Crippen LogP contribution is 2.43. The molecule has 1 aliphatic heterocycles. The number of rotatable bonds is 6. The SMILES string of the molecule is COCCNCC1(C2CCCCC2)CCCOC1. The molecule has 1 aliphatic carbocycles. The molecule has 1 N–H and O–H groups in total. The number of ether oxygens (including phenoxy) is 2. The second-order valence-electron chi connectivity index (χ2n) is 6.02. The summed E-state index contributed by atoms with van der Waals surface area (Å²) in [7, 11) is 1.77. The van der Waals surface area contributed by atoms with Gasteiger partial charge in [-0.15, -0.1) is 0 Å². The van der Waals surface area contributed by atoms with Crippen LogP contribution in [0.2, 0.25) is 0 Å². The second-order valence-corrected chi connectivity index (χ2v) is 6.02. The van der Waals surface area contributed by atoms with Crippen molar-refractivity contribution in [3.05, 3.63) is 0 Å². The molecule has 0 radical (unpaired) electrons. The molecule has 0 spiro atoms. The predicted octanol–water partition coefficient (Wildman–Crippen LogP) is 2.60. The van der Waals surface area contributed by atoms with E-state index in [2.05, 4.69) is 5.32 Å². The van der Waals surface area contributed by atoms with Crippen molar-refractivity contribution in [1.82, 2.24) is 5.32 Å². The zero-order valence-corrected chi connectivity index (χ0v) is 11.9. The Morgan fingerprint density at radius 2 is 2.06 bits per heavy atom. The third-order valence-corrected chi connectivity index (χ3v) is 4.78. The zero-order chi connectivity index (χ0) is 12.7. The van der Waals surface area contributed by atoms with Crippen LogP contribution in [0.15, 0.2) is 0 Å². The molecule has 1 saturated heterocycles. The first-order valence-electron chi connectivity index (χ1n) is 7.65. The molecule has 106 valence electrons. The lowest BCUT2D eigenvalue weighted by molar-refractivity contribution is -0.0512. The second kappa shape index (κ2) is 7.46. The van der Waals surface area contributed by atoms with E-state index in [0.717, 1.165) is 38.8 Å². The zero-order valence-electron chi connectivity index (χ0n) is 11.9. The third kappa shape index (κ3) is 3.69. The van der Waals surface area contributed by atoms with E-state index in [1.54, 1.807) is 7.11 Å². The topological polar surface area (TPSA) is 30.5 Å². The van der Waals surface area contributed by atoms with E-state index in [-0.39, 0.29) is 0 Å². The smallest absolute Gasteiger partial charge is 0.0587 e. The Hall–Kier alpha value is -0.120. The minimum atomic E-state index is 0.409. The van der Waals surface area contributed by atoms with E-state index in [1.165, 1.54) is 44.9 Å². The van der Waals surface area contributed by atoms with Crippen LogP contribution < -0.4 is 5.32 Å². The number of nitrogens with one attached hydrogen (secondary N) is 1. The van der Waals surface area contributed by atoms with Crippen molar-refractivity contribution < 1.29 is 9.47 Å². The van der Waals surface area contributed by atoms with E-state index in [9.17, 15) is 0 Å². The van der Waals surface area contributed by atoms with Crippen LogP contribution >= 0.6 is 0 Å². The van der Waals surface area contributed by atoms with E-state index >= 15 is 0 Å². The monoisotopic (exact) mass is 255 g/mol. The van der Waals surface area contributed by atoms with Crippen molar-refractivity contribution in [2.45, 2.75) is 44.9 Å². The Balaban J connectivity index is 1.88. The summed E-state index contributed by atoms with van der Waals surface area (Å²) in [4.78, 5) is 0. The van der Waals surface area contributed by atoms with Crippen LogP contribution in [0.4, 0.5) is 0 Å². The van der Waals surface area contributed by atoms with E-state index in [1.807, 2.05) is 0 Å². The van der Waals surface area contributed by atoms with Gasteiger partial charge in [0.25, 0.3) is 0 Å². The Morgan fingerprint density at radius 1 is 1.22 bits per heavy atom. The first-order valence-corrected chi connectivity index (χ1v) is 7.65. The number of hydrogen-bond acceptors (Lipinski definition) is 3. The van der Waals surface area contributed by atoms with E-state index in [0.29, 0.717) is 5.41 Å². The van der Waals surface area contributed by atoms with Gasteiger partial charge in [-0.3, -0.25) is 0 Å². The lowest BCUT2D eigenvalue weighted by Crippen LogP contribution is -2.47. The summed E-state index contributed by atoms with van der Waals surface area (Å²) in [6.07, 6.45) is 9.68. The summed E-state index contributed by atoms with van der Waals surface area (Å²) in [6, 6.07) is 0. The molecule has 2 rings (SSSR count). The van der Waals surface area contributed by atoms with Crippen LogP contribution in [0.5, 0.6) is 0 Å². The molecule has 0 aromatic rings. The van der Waals surface area contributed by atoms with Crippen molar-refractivity contribution in [3.63, 3.8) is 0 Å². The van der Waals surface area contributed by atoms with Gasteiger partial charge in [0.2, 0.25) is 0 Å². The molecule has 1 unspecified atom stereocenters. The lowest BCUT2D eigenvalue weighted by atomic mass is 9.66. The van der Waals surface area contributed by atoms with Crippen LogP contribution in [0.1, 0.15) is 44.9 Å². The first-order chi connectivity index (χ1) is 8.87. The molecule has 0 aromatic carbocycles. The van der Waals surface area contributed by atoms with E-state index < -0.39 is 0 Å². The molecular formula is C15H29NO2. The molecule has 2 aliphatic rings. The predicted molar refractivity (Wildman–Crippen MR) is 73.8 cm³/mol. The Kier molecular flexibility index (Phi) is 5.93. The molecular weight excluding hydrogens is 226 g/mol. The Labute approximate surface area is 112 Å². The average molecular weight is 255 g/mol. The van der Waals surface area contributed by atoms with Gasteiger partial charge in [-0.2, -0.15) is 0 Å². The molecule has 1 saturated carbocycles. The molecule has 1 heterocycles. The van der Waals surface area contributed by atoms with Crippen molar-refractivity contribution in [3.8, 4) is 0 Å². The van der Waals surface area contributed by atoms with Gasteiger partial charge in [0.1, 0.15) is 0 Å². The molecule has 3 heteroatoms. The Bertz CT molecular complexity index is 221. The highest BCUT2D eigenvalue weighted by Gasteiger charge is 2.40. The average Bonchev–Trinajstić information content (AvgIpc) is 2.46. The van der Waals surface area contributed by atoms with Crippen LogP contribution in [-0.4, -0.2) is 40.0 Å². The van der Waals surface area contributed by atoms with Gasteiger partial charge in [0, 0.05) is 32.2 Å². The fraction of sp³-hybridized carbons (Fsp3) is 1.00. The first kappa shape index (κ1) is 14.3. The molecule has 1 atom stereocenters. The third-order valence-electron chi connectivity index (χ3n) is 4.78. The maximum Gasteiger partial charge on any atom is 0.0587 e. The largest absolute Gasteiger partial charge is 0.383 e. The van der Waals surface area contributed by atoms with Gasteiger partial charge in [-0.1, -0.05) is 19.3 Å². The molecule has 2 fully saturated rings. The van der Waals surface area contributed by atoms with Gasteiger partial charge >= 0.3 is 0 Å². The minimum absolute atomic E-state index is 0.409.